The molecule has 1 aromatic carbocycles. The zero-order valence-electron chi connectivity index (χ0n) is 11.2. The Kier molecular flexibility index (Phi) is 5.12. The Labute approximate surface area is 117 Å². The molecule has 1 heterocycles. The van der Waals surface area contributed by atoms with Gasteiger partial charge in [0.15, 0.2) is 0 Å². The van der Waals surface area contributed by atoms with Crippen molar-refractivity contribution < 1.29 is 19.4 Å². The predicted molar refractivity (Wildman–Crippen MR) is 70.4 cm³/mol. The number of hydrogen-bond donors (Lipinski definition) is 1. The summed E-state index contributed by atoms with van der Waals surface area (Å²) in [6.45, 7) is 0.949. The molecule has 1 amide bonds. The fourth-order valence-electron chi connectivity index (χ4n) is 2.35. The number of carboxylic acids is 1. The van der Waals surface area contributed by atoms with Crippen LogP contribution in [0.15, 0.2) is 30.3 Å². The lowest BCUT2D eigenvalue weighted by atomic mass is 9.96. The van der Waals surface area contributed by atoms with Gasteiger partial charge in [0.05, 0.1) is 6.10 Å². The number of carbonyl (C=O) groups excluding carboxylic acids is 2. The lowest BCUT2D eigenvalue weighted by molar-refractivity contribution is -0.314. The minimum Gasteiger partial charge on any atom is -0.550 e. The summed E-state index contributed by atoms with van der Waals surface area (Å²) < 4.78 is 5.34. The number of benzene rings is 1. The topological polar surface area (TPSA) is 78.5 Å². The Bertz CT molecular complexity index is 454. The average molecular weight is 276 g/mol. The van der Waals surface area contributed by atoms with Crippen LogP contribution in [0.4, 0.5) is 0 Å². The molecule has 1 aliphatic rings. The van der Waals surface area contributed by atoms with E-state index in [1.165, 1.54) is 0 Å². The highest BCUT2D eigenvalue weighted by Crippen LogP contribution is 2.22. The van der Waals surface area contributed by atoms with E-state index < -0.39 is 18.0 Å². The van der Waals surface area contributed by atoms with E-state index in [0.717, 1.165) is 12.0 Å². The maximum atomic E-state index is 11.8. The summed E-state index contributed by atoms with van der Waals surface area (Å²) in [6.07, 6.45) is 1.01. The van der Waals surface area contributed by atoms with Crippen molar-refractivity contribution >= 4 is 11.9 Å². The zero-order valence-corrected chi connectivity index (χ0v) is 11.2. The van der Waals surface area contributed by atoms with Gasteiger partial charge in [-0.15, -0.1) is 0 Å². The second kappa shape index (κ2) is 7.05. The largest absolute Gasteiger partial charge is 0.550 e. The minimum atomic E-state index is -1.22. The van der Waals surface area contributed by atoms with Gasteiger partial charge in [0.2, 0.25) is 5.91 Å². The van der Waals surface area contributed by atoms with E-state index in [2.05, 4.69) is 5.32 Å². The Morgan fingerprint density at radius 2 is 2.10 bits per heavy atom. The van der Waals surface area contributed by atoms with Crippen molar-refractivity contribution in [2.24, 2.45) is 5.92 Å². The van der Waals surface area contributed by atoms with Crippen LogP contribution in [0.25, 0.3) is 0 Å². The normalized spacial score (nSPS) is 19.5. The molecule has 1 aliphatic heterocycles. The van der Waals surface area contributed by atoms with Crippen molar-refractivity contribution in [1.82, 2.24) is 5.32 Å². The molecule has 20 heavy (non-hydrogen) atoms. The molecule has 0 spiro atoms. The monoisotopic (exact) mass is 276 g/mol. The molecular formula is C15H18NO4-. The third-order valence-corrected chi connectivity index (χ3v) is 3.45. The van der Waals surface area contributed by atoms with E-state index in [0.29, 0.717) is 19.6 Å². The first kappa shape index (κ1) is 14.5. The molecular weight excluding hydrogens is 258 g/mol. The van der Waals surface area contributed by atoms with E-state index in [4.69, 9.17) is 4.74 Å². The van der Waals surface area contributed by atoms with Crippen LogP contribution in [-0.2, 0) is 20.9 Å². The van der Waals surface area contributed by atoms with E-state index >= 15 is 0 Å². The number of hydrogen-bond acceptors (Lipinski definition) is 4. The number of amides is 1. The Balaban J connectivity index is 1.84. The van der Waals surface area contributed by atoms with Crippen LogP contribution < -0.4 is 10.4 Å². The molecule has 108 valence electrons. The van der Waals surface area contributed by atoms with E-state index in [9.17, 15) is 14.7 Å². The Hall–Kier alpha value is -1.88. The molecule has 2 rings (SSSR count). The number of ether oxygens (including phenoxy) is 1. The van der Waals surface area contributed by atoms with Gasteiger partial charge in [0.25, 0.3) is 0 Å². The van der Waals surface area contributed by atoms with Crippen molar-refractivity contribution in [3.05, 3.63) is 35.9 Å². The number of carboxylic acid groups (broad SMARTS) is 1. The fourth-order valence-corrected chi connectivity index (χ4v) is 2.35. The molecule has 1 N–H and O–H groups in total. The van der Waals surface area contributed by atoms with Crippen LogP contribution in [0, 0.1) is 5.92 Å². The van der Waals surface area contributed by atoms with Crippen molar-refractivity contribution in [2.75, 3.05) is 6.61 Å². The summed E-state index contributed by atoms with van der Waals surface area (Å²) in [5, 5.41) is 13.8. The Morgan fingerprint density at radius 3 is 2.70 bits per heavy atom. The SMILES string of the molecule is O=C(CC(C(=O)[O-])C1CCCO1)NCc1ccccc1. The lowest BCUT2D eigenvalue weighted by Crippen LogP contribution is -2.41. The maximum absolute atomic E-state index is 11.8. The summed E-state index contributed by atoms with van der Waals surface area (Å²) in [5.74, 6) is -2.38. The van der Waals surface area contributed by atoms with Crippen LogP contribution in [0.5, 0.6) is 0 Å². The first-order valence-corrected chi connectivity index (χ1v) is 6.80. The number of nitrogens with one attached hydrogen (secondary N) is 1. The molecule has 0 radical (unpaired) electrons. The van der Waals surface area contributed by atoms with Gasteiger partial charge in [0.1, 0.15) is 0 Å². The second-order valence-corrected chi connectivity index (χ2v) is 4.94. The smallest absolute Gasteiger partial charge is 0.221 e. The number of aliphatic carboxylic acids is 1. The molecule has 5 heteroatoms. The molecule has 1 aromatic rings. The predicted octanol–water partition coefficient (Wildman–Crippen LogP) is 0.238. The second-order valence-electron chi connectivity index (χ2n) is 4.94. The van der Waals surface area contributed by atoms with Crippen LogP contribution in [0.2, 0.25) is 0 Å². The van der Waals surface area contributed by atoms with Crippen LogP contribution >= 0.6 is 0 Å². The van der Waals surface area contributed by atoms with Crippen LogP contribution in [-0.4, -0.2) is 24.6 Å². The molecule has 0 saturated carbocycles. The van der Waals surface area contributed by atoms with E-state index in [-0.39, 0.29) is 12.3 Å². The van der Waals surface area contributed by atoms with E-state index in [1.807, 2.05) is 30.3 Å². The summed E-state index contributed by atoms with van der Waals surface area (Å²) in [6, 6.07) is 9.47. The molecule has 0 aromatic heterocycles. The van der Waals surface area contributed by atoms with Gasteiger partial charge in [0, 0.05) is 31.5 Å². The summed E-state index contributed by atoms with van der Waals surface area (Å²) in [5.41, 5.74) is 0.975. The number of carbonyl (C=O) groups is 2. The highest BCUT2D eigenvalue weighted by Gasteiger charge is 2.28. The molecule has 0 bridgehead atoms. The van der Waals surface area contributed by atoms with Crippen LogP contribution in [0.1, 0.15) is 24.8 Å². The van der Waals surface area contributed by atoms with Gasteiger partial charge >= 0.3 is 0 Å². The first-order chi connectivity index (χ1) is 9.66. The molecule has 2 atom stereocenters. The summed E-state index contributed by atoms with van der Waals surface area (Å²) >= 11 is 0. The van der Waals surface area contributed by atoms with Crippen molar-refractivity contribution in [3.8, 4) is 0 Å². The summed E-state index contributed by atoms with van der Waals surface area (Å²) in [7, 11) is 0. The lowest BCUT2D eigenvalue weighted by Gasteiger charge is -2.23. The summed E-state index contributed by atoms with van der Waals surface area (Å²) in [4.78, 5) is 23.0. The maximum Gasteiger partial charge on any atom is 0.221 e. The molecule has 0 aliphatic carbocycles. The van der Waals surface area contributed by atoms with Gasteiger partial charge in [-0.3, -0.25) is 4.79 Å². The minimum absolute atomic E-state index is 0.0974. The molecule has 1 fully saturated rings. The van der Waals surface area contributed by atoms with Crippen molar-refractivity contribution in [1.29, 1.82) is 0 Å². The molecule has 5 nitrogen and oxygen atoms in total. The van der Waals surface area contributed by atoms with Crippen molar-refractivity contribution in [2.45, 2.75) is 31.9 Å². The third-order valence-electron chi connectivity index (χ3n) is 3.45. The van der Waals surface area contributed by atoms with Gasteiger partial charge < -0.3 is 20.0 Å². The average Bonchev–Trinajstić information content (AvgIpc) is 2.97. The van der Waals surface area contributed by atoms with Gasteiger partial charge in [-0.05, 0) is 18.4 Å². The Morgan fingerprint density at radius 1 is 1.35 bits per heavy atom. The zero-order chi connectivity index (χ0) is 14.4. The highest BCUT2D eigenvalue weighted by molar-refractivity contribution is 5.81. The van der Waals surface area contributed by atoms with E-state index in [1.54, 1.807) is 0 Å². The van der Waals surface area contributed by atoms with Gasteiger partial charge in [-0.1, -0.05) is 30.3 Å². The third kappa shape index (κ3) is 4.06. The first-order valence-electron chi connectivity index (χ1n) is 6.80. The fraction of sp³-hybridized carbons (Fsp3) is 0.467. The van der Waals surface area contributed by atoms with Crippen molar-refractivity contribution in [3.63, 3.8) is 0 Å². The number of rotatable bonds is 6. The quantitative estimate of drug-likeness (QED) is 0.807. The molecule has 2 unspecified atom stereocenters. The van der Waals surface area contributed by atoms with Crippen LogP contribution in [0.3, 0.4) is 0 Å². The standard InChI is InChI=1S/C15H19NO4/c17-14(16-10-11-5-2-1-3-6-11)9-12(15(18)19)13-7-4-8-20-13/h1-3,5-6,12-13H,4,7-10H2,(H,16,17)(H,18,19)/p-1. The molecule has 1 saturated heterocycles. The van der Waals surface area contributed by atoms with Gasteiger partial charge in [-0.25, -0.2) is 0 Å². The van der Waals surface area contributed by atoms with Gasteiger partial charge in [-0.2, -0.15) is 0 Å². The highest BCUT2D eigenvalue weighted by atomic mass is 16.5.